The summed E-state index contributed by atoms with van der Waals surface area (Å²) in [6, 6.07) is 13.1. The Labute approximate surface area is 208 Å². The van der Waals surface area contributed by atoms with Crippen molar-refractivity contribution in [3.05, 3.63) is 59.2 Å². The van der Waals surface area contributed by atoms with Crippen molar-refractivity contribution < 1.29 is 14.7 Å². The second-order valence-electron chi connectivity index (χ2n) is 8.99. The number of nitrogens with zero attached hydrogens (tertiary/aromatic N) is 3. The van der Waals surface area contributed by atoms with E-state index >= 15 is 0 Å². The van der Waals surface area contributed by atoms with Crippen molar-refractivity contribution in [1.82, 2.24) is 9.80 Å². The summed E-state index contributed by atoms with van der Waals surface area (Å²) in [5.74, 6) is 0.248. The molecule has 2 aromatic carbocycles. The first-order valence-corrected chi connectivity index (χ1v) is 12.3. The van der Waals surface area contributed by atoms with Crippen LogP contribution in [-0.4, -0.2) is 72.8 Å². The average molecular weight is 477 g/mol. The first kappa shape index (κ1) is 26.3. The maximum atomic E-state index is 12.9. The number of aliphatic imine (C=N–C) groups is 1. The number of fused-ring (bicyclic) bond motifs is 1. The molecule has 0 unspecified atom stereocenters. The monoisotopic (exact) mass is 476 g/mol. The van der Waals surface area contributed by atoms with Crippen LogP contribution >= 0.6 is 0 Å². The highest BCUT2D eigenvalue weighted by Gasteiger charge is 2.21. The Morgan fingerprint density at radius 3 is 2.37 bits per heavy atom. The van der Waals surface area contributed by atoms with Crippen molar-refractivity contribution in [3.63, 3.8) is 0 Å². The molecule has 0 aromatic heterocycles. The Kier molecular flexibility index (Phi) is 9.76. The summed E-state index contributed by atoms with van der Waals surface area (Å²) in [5.41, 5.74) is 10.7. The first-order chi connectivity index (χ1) is 16.9. The summed E-state index contributed by atoms with van der Waals surface area (Å²) in [6.45, 7) is 5.43. The van der Waals surface area contributed by atoms with E-state index in [0.29, 0.717) is 35.7 Å². The van der Waals surface area contributed by atoms with Crippen LogP contribution < -0.4 is 5.73 Å². The SMILES string of the molecule is CCCN(CCO)C(=O)C1=Cc2ccc(-c3ccc(C=O)cc3)cc2N=C(N)C1.CN1CCCC1. The third-order valence-electron chi connectivity index (χ3n) is 6.13. The van der Waals surface area contributed by atoms with E-state index in [9.17, 15) is 14.7 Å². The molecule has 0 spiro atoms. The maximum Gasteiger partial charge on any atom is 0.250 e. The molecular formula is C28H36N4O3. The van der Waals surface area contributed by atoms with Gasteiger partial charge in [0.15, 0.2) is 0 Å². The summed E-state index contributed by atoms with van der Waals surface area (Å²) in [4.78, 5) is 32.3. The number of likely N-dealkylation sites (tertiary alicyclic amines) is 1. The van der Waals surface area contributed by atoms with E-state index in [0.717, 1.165) is 29.4 Å². The molecular weight excluding hydrogens is 440 g/mol. The molecule has 0 bridgehead atoms. The van der Waals surface area contributed by atoms with Crippen LogP contribution in [0, 0.1) is 0 Å². The van der Waals surface area contributed by atoms with E-state index in [-0.39, 0.29) is 18.9 Å². The van der Waals surface area contributed by atoms with Crippen LogP contribution in [-0.2, 0) is 4.79 Å². The van der Waals surface area contributed by atoms with Crippen molar-refractivity contribution >= 4 is 29.8 Å². The largest absolute Gasteiger partial charge is 0.395 e. The Morgan fingerprint density at radius 1 is 1.11 bits per heavy atom. The molecule has 2 heterocycles. The fourth-order valence-electron chi connectivity index (χ4n) is 4.25. The molecule has 2 aromatic rings. The van der Waals surface area contributed by atoms with Gasteiger partial charge in [-0.25, -0.2) is 4.99 Å². The zero-order valence-electron chi connectivity index (χ0n) is 20.7. The lowest BCUT2D eigenvalue weighted by Crippen LogP contribution is -2.36. The summed E-state index contributed by atoms with van der Waals surface area (Å²) < 4.78 is 0. The lowest BCUT2D eigenvalue weighted by Gasteiger charge is -2.22. The Balaban J connectivity index is 0.000000497. The Hall–Kier alpha value is -3.29. The van der Waals surface area contributed by atoms with Gasteiger partial charge in [-0.1, -0.05) is 43.3 Å². The number of amidine groups is 1. The number of amides is 1. The standard InChI is InChI=1S/C23H25N3O3.C5H11N/c1-2-9-26(10-11-27)23(29)20-12-19-8-7-18(13-21(19)25-22(24)14-20)17-5-3-16(15-28)4-6-17;1-6-4-2-3-5-6/h3-8,12-13,15,27H,2,9-11,14H2,1H3,(H2,24,25);2-5H2,1H3. The molecule has 35 heavy (non-hydrogen) atoms. The van der Waals surface area contributed by atoms with Crippen LogP contribution in [0.25, 0.3) is 17.2 Å². The van der Waals surface area contributed by atoms with Crippen molar-refractivity contribution in [2.75, 3.05) is 39.8 Å². The number of nitrogens with two attached hydrogens (primary N) is 1. The molecule has 186 valence electrons. The zero-order valence-corrected chi connectivity index (χ0v) is 20.7. The highest BCUT2D eigenvalue weighted by Crippen LogP contribution is 2.32. The van der Waals surface area contributed by atoms with Crippen LogP contribution in [0.3, 0.4) is 0 Å². The topological polar surface area (TPSA) is 99.2 Å². The molecule has 1 fully saturated rings. The van der Waals surface area contributed by atoms with Gasteiger partial charge in [0.05, 0.1) is 12.3 Å². The fraction of sp³-hybridized carbons (Fsp3) is 0.393. The molecule has 0 aliphatic carbocycles. The molecule has 3 N–H and O–H groups in total. The highest BCUT2D eigenvalue weighted by molar-refractivity contribution is 6.05. The minimum absolute atomic E-state index is 0.0779. The number of rotatable bonds is 7. The Bertz CT molecular complexity index is 1060. The van der Waals surface area contributed by atoms with Crippen molar-refractivity contribution in [2.45, 2.75) is 32.6 Å². The van der Waals surface area contributed by atoms with Crippen LogP contribution in [0.5, 0.6) is 0 Å². The molecule has 0 atom stereocenters. The fourth-order valence-corrected chi connectivity index (χ4v) is 4.25. The number of benzene rings is 2. The van der Waals surface area contributed by atoms with Gasteiger partial charge in [0.2, 0.25) is 5.91 Å². The second kappa shape index (κ2) is 13.0. The van der Waals surface area contributed by atoms with Crippen LogP contribution in [0.2, 0.25) is 0 Å². The maximum absolute atomic E-state index is 12.9. The van der Waals surface area contributed by atoms with Crippen LogP contribution in [0.4, 0.5) is 5.69 Å². The first-order valence-electron chi connectivity index (χ1n) is 12.3. The van der Waals surface area contributed by atoms with E-state index in [1.54, 1.807) is 17.0 Å². The molecule has 1 saturated heterocycles. The predicted molar refractivity (Wildman–Crippen MR) is 142 cm³/mol. The Morgan fingerprint density at radius 2 is 1.80 bits per heavy atom. The van der Waals surface area contributed by atoms with Gasteiger partial charge in [-0.2, -0.15) is 0 Å². The molecule has 2 aliphatic heterocycles. The number of hydrogen-bond acceptors (Lipinski definition) is 6. The predicted octanol–water partition coefficient (Wildman–Crippen LogP) is 3.88. The number of aliphatic hydroxyl groups excluding tert-OH is 1. The zero-order chi connectivity index (χ0) is 25.2. The van der Waals surface area contributed by atoms with Gasteiger partial charge in [0, 0.05) is 36.2 Å². The minimum atomic E-state index is -0.125. The lowest BCUT2D eigenvalue weighted by molar-refractivity contribution is -0.127. The number of hydrogen-bond donors (Lipinski definition) is 2. The van der Waals surface area contributed by atoms with Crippen molar-refractivity contribution in [3.8, 4) is 11.1 Å². The van der Waals surface area contributed by atoms with Gasteiger partial charge in [-0.3, -0.25) is 9.59 Å². The van der Waals surface area contributed by atoms with Gasteiger partial charge in [-0.15, -0.1) is 0 Å². The van der Waals surface area contributed by atoms with E-state index in [1.807, 2.05) is 43.3 Å². The molecule has 0 radical (unpaired) electrons. The van der Waals surface area contributed by atoms with E-state index in [2.05, 4.69) is 16.9 Å². The molecule has 0 saturated carbocycles. The van der Waals surface area contributed by atoms with E-state index < -0.39 is 0 Å². The third-order valence-corrected chi connectivity index (χ3v) is 6.13. The summed E-state index contributed by atoms with van der Waals surface area (Å²) in [7, 11) is 2.17. The smallest absolute Gasteiger partial charge is 0.250 e. The van der Waals surface area contributed by atoms with Gasteiger partial charge < -0.3 is 20.6 Å². The third kappa shape index (κ3) is 7.34. The minimum Gasteiger partial charge on any atom is -0.395 e. The molecule has 4 rings (SSSR count). The molecule has 7 nitrogen and oxygen atoms in total. The van der Waals surface area contributed by atoms with Crippen LogP contribution in [0.1, 0.15) is 48.5 Å². The number of aldehydes is 1. The van der Waals surface area contributed by atoms with Crippen molar-refractivity contribution in [2.24, 2.45) is 10.7 Å². The summed E-state index contributed by atoms with van der Waals surface area (Å²) >= 11 is 0. The van der Waals surface area contributed by atoms with Gasteiger partial charge in [0.25, 0.3) is 0 Å². The van der Waals surface area contributed by atoms with Crippen LogP contribution in [0.15, 0.2) is 53.0 Å². The van der Waals surface area contributed by atoms with E-state index in [1.165, 1.54) is 25.9 Å². The van der Waals surface area contributed by atoms with Gasteiger partial charge >= 0.3 is 0 Å². The number of carbonyl (C=O) groups is 2. The summed E-state index contributed by atoms with van der Waals surface area (Å²) in [6.07, 6.45) is 6.55. The number of carbonyl (C=O) groups excluding carboxylic acids is 2. The molecule has 7 heteroatoms. The highest BCUT2D eigenvalue weighted by atomic mass is 16.3. The molecule has 1 amide bonds. The lowest BCUT2D eigenvalue weighted by atomic mass is 10.00. The number of aliphatic hydroxyl groups is 1. The molecule has 2 aliphatic rings. The quantitative estimate of drug-likeness (QED) is 0.591. The van der Waals surface area contributed by atoms with Gasteiger partial charge in [0.1, 0.15) is 12.1 Å². The van der Waals surface area contributed by atoms with Gasteiger partial charge in [-0.05, 0) is 62.7 Å². The summed E-state index contributed by atoms with van der Waals surface area (Å²) in [5, 5.41) is 9.27. The second-order valence-corrected chi connectivity index (χ2v) is 8.99. The van der Waals surface area contributed by atoms with E-state index in [4.69, 9.17) is 5.73 Å². The van der Waals surface area contributed by atoms with Crippen molar-refractivity contribution in [1.29, 1.82) is 0 Å². The normalized spacial score (nSPS) is 15.2. The average Bonchev–Trinajstić information content (AvgIpc) is 3.28.